The van der Waals surface area contributed by atoms with Crippen molar-refractivity contribution < 1.29 is 37.7 Å². The SMILES string of the molecule is CCCCOC(=O)CCC(=O)OCCCc1cc(-c2cc(OC)cc(OC)c2)oc1/C=C1\SC(=S)N(C2CC3CCC2C3)C1=O. The van der Waals surface area contributed by atoms with E-state index in [2.05, 4.69) is 0 Å². The number of rotatable bonds is 15. The van der Waals surface area contributed by atoms with Crippen LogP contribution in [0.1, 0.15) is 76.0 Å². The second kappa shape index (κ2) is 15.3. The van der Waals surface area contributed by atoms with Gasteiger partial charge in [-0.2, -0.15) is 0 Å². The number of aryl methyl sites for hydroxylation is 1. The van der Waals surface area contributed by atoms with Gasteiger partial charge in [-0.25, -0.2) is 0 Å². The molecule has 2 heterocycles. The Morgan fingerprint density at radius 3 is 2.29 bits per heavy atom. The fourth-order valence-electron chi connectivity index (χ4n) is 6.39. The summed E-state index contributed by atoms with van der Waals surface area (Å²) in [6, 6.07) is 7.63. The van der Waals surface area contributed by atoms with Crippen molar-refractivity contribution in [2.75, 3.05) is 27.4 Å². The summed E-state index contributed by atoms with van der Waals surface area (Å²) in [7, 11) is 3.18. The minimum absolute atomic E-state index is 0.00218. The van der Waals surface area contributed by atoms with E-state index in [4.69, 9.17) is 35.6 Å². The number of hydrogen-bond donors (Lipinski definition) is 0. The molecule has 45 heavy (non-hydrogen) atoms. The molecule has 3 fully saturated rings. The molecule has 9 nitrogen and oxygen atoms in total. The highest BCUT2D eigenvalue weighted by atomic mass is 32.2. The maximum absolute atomic E-state index is 13.6. The van der Waals surface area contributed by atoms with Gasteiger partial charge >= 0.3 is 11.9 Å². The van der Waals surface area contributed by atoms with Crippen molar-refractivity contribution in [1.29, 1.82) is 0 Å². The maximum atomic E-state index is 13.6. The van der Waals surface area contributed by atoms with Crippen LogP contribution in [0.25, 0.3) is 17.4 Å². The zero-order chi connectivity index (χ0) is 31.9. The third-order valence-corrected chi connectivity index (χ3v) is 10.1. The Kier molecular flexibility index (Phi) is 11.3. The zero-order valence-corrected chi connectivity index (χ0v) is 27.8. The van der Waals surface area contributed by atoms with Gasteiger partial charge in [-0.05, 0) is 74.1 Å². The Bertz CT molecular complexity index is 1430. The van der Waals surface area contributed by atoms with E-state index in [-0.39, 0.29) is 31.4 Å². The summed E-state index contributed by atoms with van der Waals surface area (Å²) in [5, 5.41) is 0. The summed E-state index contributed by atoms with van der Waals surface area (Å²) >= 11 is 7.02. The Morgan fingerprint density at radius 1 is 1.00 bits per heavy atom. The molecule has 5 rings (SSSR count). The highest BCUT2D eigenvalue weighted by molar-refractivity contribution is 8.26. The van der Waals surface area contributed by atoms with Crippen LogP contribution in [0.15, 0.2) is 33.6 Å². The number of amides is 1. The van der Waals surface area contributed by atoms with Gasteiger partial charge in [0.2, 0.25) is 0 Å². The van der Waals surface area contributed by atoms with Crippen LogP contribution in [0.5, 0.6) is 11.5 Å². The second-order valence-electron chi connectivity index (χ2n) is 11.8. The number of unbranched alkanes of at least 4 members (excludes halogenated alkanes) is 1. The number of thioether (sulfide) groups is 1. The molecule has 3 aliphatic rings. The molecule has 2 saturated carbocycles. The molecule has 1 aromatic heterocycles. The van der Waals surface area contributed by atoms with Crippen molar-refractivity contribution in [2.24, 2.45) is 11.8 Å². The molecule has 0 spiro atoms. The topological polar surface area (TPSA) is 105 Å². The lowest BCUT2D eigenvalue weighted by Crippen LogP contribution is -2.41. The van der Waals surface area contributed by atoms with E-state index in [1.807, 2.05) is 30.0 Å². The Hall–Kier alpha value is -3.31. The van der Waals surface area contributed by atoms with E-state index < -0.39 is 11.9 Å². The Balaban J connectivity index is 1.29. The van der Waals surface area contributed by atoms with Crippen molar-refractivity contribution in [3.63, 3.8) is 0 Å². The Labute approximate surface area is 274 Å². The zero-order valence-electron chi connectivity index (χ0n) is 26.1. The van der Waals surface area contributed by atoms with Crippen molar-refractivity contribution in [2.45, 2.75) is 77.2 Å². The molecule has 0 radical (unpaired) electrons. The average Bonchev–Trinajstić information content (AvgIpc) is 3.82. The molecule has 2 aromatic rings. The maximum Gasteiger partial charge on any atom is 0.306 e. The molecule has 242 valence electrons. The number of methoxy groups -OCH3 is 2. The quantitative estimate of drug-likeness (QED) is 0.0866. The molecular formula is C34H41NO8S2. The fourth-order valence-corrected chi connectivity index (χ4v) is 7.74. The summed E-state index contributed by atoms with van der Waals surface area (Å²) in [5.41, 5.74) is 1.63. The highest BCUT2D eigenvalue weighted by Crippen LogP contribution is 2.49. The first-order valence-corrected chi connectivity index (χ1v) is 17.0. The third-order valence-electron chi connectivity index (χ3n) is 8.74. The molecule has 1 aliphatic heterocycles. The van der Waals surface area contributed by atoms with E-state index in [9.17, 15) is 14.4 Å². The van der Waals surface area contributed by atoms with Gasteiger partial charge in [-0.15, -0.1) is 0 Å². The van der Waals surface area contributed by atoms with Crippen LogP contribution in [0.2, 0.25) is 0 Å². The summed E-state index contributed by atoms with van der Waals surface area (Å²) in [6.45, 7) is 2.57. The van der Waals surface area contributed by atoms with E-state index in [1.54, 1.807) is 26.4 Å². The standard InChI is InChI=1S/C34H41NO8S2/c1-4-5-12-41-31(36)10-11-32(37)42-13-6-7-23-18-28(24-16-25(39-2)19-26(17-24)40-3)43-29(23)20-30-33(38)35(34(44)45-30)27-15-21-8-9-22(27)14-21/h16-22,27H,4-15H2,1-3H3/b30-20-. The average molecular weight is 656 g/mol. The van der Waals surface area contributed by atoms with Crippen LogP contribution >= 0.6 is 24.0 Å². The largest absolute Gasteiger partial charge is 0.497 e. The summed E-state index contributed by atoms with van der Waals surface area (Å²) in [6.07, 6.45) is 9.19. The lowest BCUT2D eigenvalue weighted by Gasteiger charge is -2.30. The monoisotopic (exact) mass is 655 g/mol. The minimum Gasteiger partial charge on any atom is -0.497 e. The summed E-state index contributed by atoms with van der Waals surface area (Å²) in [5.74, 6) is 2.72. The number of esters is 2. The lowest BCUT2D eigenvalue weighted by atomic mass is 9.94. The van der Waals surface area contributed by atoms with Gasteiger partial charge in [0, 0.05) is 23.7 Å². The van der Waals surface area contributed by atoms with Gasteiger partial charge in [0.05, 0.1) is 45.2 Å². The first-order valence-electron chi connectivity index (χ1n) is 15.7. The molecular weight excluding hydrogens is 615 g/mol. The number of hydrogen-bond acceptors (Lipinski definition) is 10. The third kappa shape index (κ3) is 8.10. The van der Waals surface area contributed by atoms with E-state index >= 15 is 0 Å². The van der Waals surface area contributed by atoms with Gasteiger partial charge in [0.25, 0.3) is 5.91 Å². The molecule has 3 atom stereocenters. The van der Waals surface area contributed by atoms with Crippen molar-refractivity contribution in [3.8, 4) is 22.8 Å². The van der Waals surface area contributed by atoms with Crippen LogP contribution in [0, 0.1) is 11.8 Å². The van der Waals surface area contributed by atoms with Gasteiger partial charge in [-0.3, -0.25) is 19.3 Å². The molecule has 3 unspecified atom stereocenters. The number of ether oxygens (including phenoxy) is 4. The van der Waals surface area contributed by atoms with Gasteiger partial charge in [0.1, 0.15) is 27.3 Å². The van der Waals surface area contributed by atoms with E-state index in [1.165, 1.54) is 24.6 Å². The van der Waals surface area contributed by atoms with Crippen molar-refractivity contribution >= 4 is 52.2 Å². The number of furan rings is 1. The number of thiocarbonyl (C=S) groups is 1. The normalized spacial score (nSPS) is 21.5. The molecule has 1 aromatic carbocycles. The highest BCUT2D eigenvalue weighted by Gasteiger charge is 2.48. The van der Waals surface area contributed by atoms with Crippen molar-refractivity contribution in [1.82, 2.24) is 4.90 Å². The number of nitrogens with zero attached hydrogens (tertiary/aromatic N) is 1. The predicted octanol–water partition coefficient (Wildman–Crippen LogP) is 6.95. The van der Waals surface area contributed by atoms with Crippen LogP contribution in [-0.4, -0.2) is 60.5 Å². The number of carbonyl (C=O) groups excluding carboxylic acids is 3. The van der Waals surface area contributed by atoms with Gasteiger partial charge in [0.15, 0.2) is 0 Å². The van der Waals surface area contributed by atoms with Crippen molar-refractivity contribution in [3.05, 3.63) is 40.5 Å². The summed E-state index contributed by atoms with van der Waals surface area (Å²) in [4.78, 5) is 40.0. The smallest absolute Gasteiger partial charge is 0.306 e. The minimum atomic E-state index is -0.441. The molecule has 1 saturated heterocycles. The second-order valence-corrected chi connectivity index (χ2v) is 13.5. The molecule has 2 bridgehead atoms. The lowest BCUT2D eigenvalue weighted by molar-refractivity contribution is -0.150. The molecule has 2 aliphatic carbocycles. The molecule has 1 amide bonds. The molecule has 0 N–H and O–H groups in total. The first-order chi connectivity index (χ1) is 21.8. The van der Waals surface area contributed by atoms with Crippen LogP contribution in [0.3, 0.4) is 0 Å². The Morgan fingerprint density at radius 2 is 1.69 bits per heavy atom. The van der Waals surface area contributed by atoms with E-state index in [0.29, 0.717) is 63.5 Å². The van der Waals surface area contributed by atoms with Crippen LogP contribution < -0.4 is 9.47 Å². The van der Waals surface area contributed by atoms with Gasteiger partial charge in [-0.1, -0.05) is 43.7 Å². The molecule has 11 heteroatoms. The van der Waals surface area contributed by atoms with Gasteiger partial charge < -0.3 is 23.4 Å². The van der Waals surface area contributed by atoms with Crippen LogP contribution in [0.4, 0.5) is 0 Å². The first kappa shape index (κ1) is 33.1. The fraction of sp³-hybridized carbons (Fsp3) is 0.529. The van der Waals surface area contributed by atoms with E-state index in [0.717, 1.165) is 36.8 Å². The number of carbonyl (C=O) groups is 3. The predicted molar refractivity (Wildman–Crippen MR) is 176 cm³/mol. The summed E-state index contributed by atoms with van der Waals surface area (Å²) < 4.78 is 28.4. The van der Waals surface area contributed by atoms with Crippen LogP contribution in [-0.2, 0) is 30.3 Å². The number of fused-ring (bicyclic) bond motifs is 2. The number of benzene rings is 1.